The van der Waals surface area contributed by atoms with Crippen molar-refractivity contribution in [1.82, 2.24) is 0 Å². The molecule has 1 atom stereocenters. The summed E-state index contributed by atoms with van der Waals surface area (Å²) in [5.74, 6) is 0. The summed E-state index contributed by atoms with van der Waals surface area (Å²) in [6.45, 7) is 1.94. The Morgan fingerprint density at radius 1 is 1.38 bits per heavy atom. The molecule has 0 radical (unpaired) electrons. The van der Waals surface area contributed by atoms with Gasteiger partial charge in [0.05, 0.1) is 19.5 Å². The van der Waals surface area contributed by atoms with Crippen molar-refractivity contribution in [2.75, 3.05) is 14.2 Å². The fraction of sp³-hybridized carbons (Fsp3) is 0.667. The van der Waals surface area contributed by atoms with E-state index in [2.05, 4.69) is 4.74 Å². The molecule has 0 saturated carbocycles. The maximum Gasteiger partial charge on any atom is 0.0810 e. The van der Waals surface area contributed by atoms with Crippen molar-refractivity contribution in [3.05, 3.63) is 12.3 Å². The van der Waals surface area contributed by atoms with Crippen LogP contribution in [0.4, 0.5) is 0 Å². The van der Waals surface area contributed by atoms with Crippen LogP contribution in [0.25, 0.3) is 0 Å². The average molecular weight is 116 g/mol. The predicted molar refractivity (Wildman–Crippen MR) is 32.6 cm³/mol. The SMILES string of the molecule is CO/C=C\C(C)OC. The molecule has 0 heterocycles. The summed E-state index contributed by atoms with van der Waals surface area (Å²) in [7, 11) is 3.27. The summed E-state index contributed by atoms with van der Waals surface area (Å²) in [6, 6.07) is 0. The van der Waals surface area contributed by atoms with E-state index in [0.29, 0.717) is 0 Å². The Kier molecular flexibility index (Phi) is 4.36. The number of rotatable bonds is 3. The first kappa shape index (κ1) is 7.50. The zero-order chi connectivity index (χ0) is 6.41. The van der Waals surface area contributed by atoms with E-state index in [1.165, 1.54) is 0 Å². The Bertz CT molecular complexity index is 68.9. The van der Waals surface area contributed by atoms with Crippen LogP contribution >= 0.6 is 0 Å². The van der Waals surface area contributed by atoms with E-state index in [1.807, 2.05) is 13.0 Å². The van der Waals surface area contributed by atoms with Gasteiger partial charge in [0.1, 0.15) is 0 Å². The van der Waals surface area contributed by atoms with Gasteiger partial charge in [0.25, 0.3) is 0 Å². The summed E-state index contributed by atoms with van der Waals surface area (Å²) >= 11 is 0. The van der Waals surface area contributed by atoms with Gasteiger partial charge in [-0.25, -0.2) is 0 Å². The summed E-state index contributed by atoms with van der Waals surface area (Å²) in [6.07, 6.45) is 3.59. The molecule has 0 aliphatic carbocycles. The summed E-state index contributed by atoms with van der Waals surface area (Å²) in [5.41, 5.74) is 0. The molecule has 0 saturated heterocycles. The molecule has 0 fully saturated rings. The fourth-order valence-electron chi connectivity index (χ4n) is 0.268. The molecule has 0 amide bonds. The van der Waals surface area contributed by atoms with Crippen LogP contribution in [0.15, 0.2) is 12.3 Å². The lowest BCUT2D eigenvalue weighted by molar-refractivity contribution is 0.153. The summed E-state index contributed by atoms with van der Waals surface area (Å²) in [4.78, 5) is 0. The van der Waals surface area contributed by atoms with E-state index >= 15 is 0 Å². The molecule has 0 aromatic heterocycles. The van der Waals surface area contributed by atoms with Gasteiger partial charge in [-0.15, -0.1) is 0 Å². The van der Waals surface area contributed by atoms with Gasteiger partial charge in [-0.3, -0.25) is 0 Å². The molecule has 0 N–H and O–H groups in total. The first-order chi connectivity index (χ1) is 3.81. The molecule has 0 rings (SSSR count). The van der Waals surface area contributed by atoms with E-state index in [9.17, 15) is 0 Å². The lowest BCUT2D eigenvalue weighted by atomic mass is 10.4. The van der Waals surface area contributed by atoms with Crippen LogP contribution in [0.3, 0.4) is 0 Å². The maximum absolute atomic E-state index is 4.89. The van der Waals surface area contributed by atoms with Crippen molar-refractivity contribution in [1.29, 1.82) is 0 Å². The van der Waals surface area contributed by atoms with Gasteiger partial charge in [-0.2, -0.15) is 0 Å². The zero-order valence-corrected chi connectivity index (χ0v) is 5.55. The molecular weight excluding hydrogens is 104 g/mol. The van der Waals surface area contributed by atoms with Crippen LogP contribution < -0.4 is 0 Å². The van der Waals surface area contributed by atoms with E-state index in [-0.39, 0.29) is 6.10 Å². The highest BCUT2D eigenvalue weighted by atomic mass is 16.5. The minimum atomic E-state index is 0.148. The van der Waals surface area contributed by atoms with Gasteiger partial charge in [0.15, 0.2) is 0 Å². The predicted octanol–water partition coefficient (Wildman–Crippen LogP) is 1.18. The van der Waals surface area contributed by atoms with Crippen molar-refractivity contribution in [3.8, 4) is 0 Å². The molecule has 2 heteroatoms. The van der Waals surface area contributed by atoms with Gasteiger partial charge < -0.3 is 9.47 Å². The van der Waals surface area contributed by atoms with Crippen LogP contribution in [-0.4, -0.2) is 20.3 Å². The largest absolute Gasteiger partial charge is 0.505 e. The first-order valence-corrected chi connectivity index (χ1v) is 2.53. The second kappa shape index (κ2) is 4.65. The van der Waals surface area contributed by atoms with E-state index in [0.717, 1.165) is 0 Å². The second-order valence-electron chi connectivity index (χ2n) is 1.51. The molecule has 0 aliphatic heterocycles. The van der Waals surface area contributed by atoms with Crippen LogP contribution in [0.1, 0.15) is 6.92 Å². The average Bonchev–Trinajstić information content (AvgIpc) is 1.83. The highest BCUT2D eigenvalue weighted by Crippen LogP contribution is 1.88. The number of hydrogen-bond acceptors (Lipinski definition) is 2. The minimum Gasteiger partial charge on any atom is -0.505 e. The molecule has 48 valence electrons. The van der Waals surface area contributed by atoms with Crippen molar-refractivity contribution in [2.24, 2.45) is 0 Å². The van der Waals surface area contributed by atoms with Crippen LogP contribution in [0.5, 0.6) is 0 Å². The van der Waals surface area contributed by atoms with Gasteiger partial charge >= 0.3 is 0 Å². The quantitative estimate of drug-likeness (QED) is 0.515. The van der Waals surface area contributed by atoms with Crippen molar-refractivity contribution < 1.29 is 9.47 Å². The Morgan fingerprint density at radius 3 is 2.38 bits per heavy atom. The monoisotopic (exact) mass is 116 g/mol. The van der Waals surface area contributed by atoms with Crippen molar-refractivity contribution >= 4 is 0 Å². The third-order valence-electron chi connectivity index (χ3n) is 0.857. The highest BCUT2D eigenvalue weighted by molar-refractivity contribution is 4.79. The summed E-state index contributed by atoms with van der Waals surface area (Å²) in [5, 5.41) is 0. The van der Waals surface area contributed by atoms with Gasteiger partial charge in [-0.1, -0.05) is 0 Å². The lowest BCUT2D eigenvalue weighted by Crippen LogP contribution is -1.98. The Balaban J connectivity index is 3.21. The third-order valence-corrected chi connectivity index (χ3v) is 0.857. The molecule has 0 spiro atoms. The van der Waals surface area contributed by atoms with Gasteiger partial charge in [0.2, 0.25) is 0 Å². The van der Waals surface area contributed by atoms with Crippen LogP contribution in [-0.2, 0) is 9.47 Å². The molecular formula is C6H12O2. The van der Waals surface area contributed by atoms with E-state index in [1.54, 1.807) is 20.5 Å². The Hall–Kier alpha value is -0.500. The second-order valence-corrected chi connectivity index (χ2v) is 1.51. The standard InChI is InChI=1S/C6H12O2/c1-6(8-3)4-5-7-2/h4-6H,1-3H3/b5-4-. The topological polar surface area (TPSA) is 18.5 Å². The van der Waals surface area contributed by atoms with Crippen LogP contribution in [0, 0.1) is 0 Å². The fourth-order valence-corrected chi connectivity index (χ4v) is 0.268. The maximum atomic E-state index is 4.89. The van der Waals surface area contributed by atoms with Gasteiger partial charge in [-0.05, 0) is 13.0 Å². The smallest absolute Gasteiger partial charge is 0.0810 e. The molecule has 0 aromatic rings. The lowest BCUT2D eigenvalue weighted by Gasteiger charge is -1.99. The molecule has 1 unspecified atom stereocenters. The molecule has 8 heavy (non-hydrogen) atoms. The van der Waals surface area contributed by atoms with E-state index < -0.39 is 0 Å². The summed E-state index contributed by atoms with van der Waals surface area (Å²) < 4.78 is 9.54. The Labute approximate surface area is 50.1 Å². The first-order valence-electron chi connectivity index (χ1n) is 2.53. The molecule has 2 nitrogen and oxygen atoms in total. The Morgan fingerprint density at radius 2 is 2.00 bits per heavy atom. The zero-order valence-electron chi connectivity index (χ0n) is 5.55. The molecule has 0 aromatic carbocycles. The number of ether oxygens (including phenoxy) is 2. The van der Waals surface area contributed by atoms with Gasteiger partial charge in [0, 0.05) is 7.11 Å². The molecule has 0 bridgehead atoms. The van der Waals surface area contributed by atoms with Crippen molar-refractivity contribution in [2.45, 2.75) is 13.0 Å². The minimum absolute atomic E-state index is 0.148. The normalized spacial score (nSPS) is 14.4. The third kappa shape index (κ3) is 3.68. The molecule has 0 aliphatic rings. The highest BCUT2D eigenvalue weighted by Gasteiger charge is 1.87. The van der Waals surface area contributed by atoms with E-state index in [4.69, 9.17) is 4.74 Å². The number of hydrogen-bond donors (Lipinski definition) is 0. The number of methoxy groups -OCH3 is 2. The van der Waals surface area contributed by atoms with Crippen molar-refractivity contribution in [3.63, 3.8) is 0 Å². The van der Waals surface area contributed by atoms with Crippen LogP contribution in [0.2, 0.25) is 0 Å².